The quantitative estimate of drug-likeness (QED) is 0.675. The van der Waals surface area contributed by atoms with Crippen LogP contribution in [0.1, 0.15) is 19.4 Å². The van der Waals surface area contributed by atoms with Gasteiger partial charge in [0, 0.05) is 11.1 Å². The smallest absolute Gasteiger partial charge is 0.134 e. The molecule has 0 bridgehead atoms. The van der Waals surface area contributed by atoms with Crippen molar-refractivity contribution in [1.29, 1.82) is 0 Å². The lowest BCUT2D eigenvalue weighted by Gasteiger charge is -2.07. The van der Waals surface area contributed by atoms with Crippen molar-refractivity contribution in [2.75, 3.05) is 0 Å². The topological polar surface area (TPSA) is 28.7 Å². The van der Waals surface area contributed by atoms with Crippen LogP contribution in [0.2, 0.25) is 0 Å². The number of rotatable bonds is 1. The van der Waals surface area contributed by atoms with Crippen LogP contribution >= 0.6 is 0 Å². The van der Waals surface area contributed by atoms with Gasteiger partial charge in [-0.15, -0.1) is 0 Å². The molecule has 4 heteroatoms. The molecule has 1 heterocycles. The molecule has 20 heavy (non-hydrogen) atoms. The summed E-state index contributed by atoms with van der Waals surface area (Å²) in [5.74, 6) is -0.883. The van der Waals surface area contributed by atoms with E-state index < -0.39 is 11.6 Å². The summed E-state index contributed by atoms with van der Waals surface area (Å²) in [7, 11) is 0. The molecule has 0 radical (unpaired) electrons. The van der Waals surface area contributed by atoms with Crippen LogP contribution in [-0.4, -0.2) is 9.97 Å². The normalized spacial score (nSPS) is 10.2. The Labute approximate surface area is 116 Å². The van der Waals surface area contributed by atoms with Gasteiger partial charge >= 0.3 is 0 Å². The van der Waals surface area contributed by atoms with E-state index in [2.05, 4.69) is 9.97 Å². The Balaban J connectivity index is 0.000000704. The van der Waals surface area contributed by atoms with Crippen molar-refractivity contribution in [2.45, 2.75) is 20.8 Å². The number of aromatic amines is 1. The molecule has 0 saturated heterocycles. The molecular weight excluding hydrogens is 258 g/mol. The average molecular weight is 274 g/mol. The second kappa shape index (κ2) is 5.82. The number of nitrogens with zero attached hydrogens (tertiary/aromatic N) is 1. The van der Waals surface area contributed by atoms with Crippen molar-refractivity contribution in [3.63, 3.8) is 0 Å². The first-order valence-corrected chi connectivity index (χ1v) is 6.55. The minimum atomic E-state index is -0.473. The molecule has 2 nitrogen and oxygen atoms in total. The van der Waals surface area contributed by atoms with Gasteiger partial charge in [0.1, 0.15) is 11.6 Å². The number of aromatic nitrogens is 2. The number of fused-ring (bicyclic) bond motifs is 1. The lowest BCUT2D eigenvalue weighted by Crippen LogP contribution is -1.92. The van der Waals surface area contributed by atoms with Crippen molar-refractivity contribution in [1.82, 2.24) is 9.97 Å². The standard InChI is InChI=1S/C14H10F2N2.C2H6/c1-8-3-2-4-9(13(8)16)12-10(15)5-6-11-14(12)18-7-17-11;1-2/h2-7H,1H3,(H,17,18);1-2H3. The molecule has 3 aromatic rings. The molecule has 0 aliphatic heterocycles. The summed E-state index contributed by atoms with van der Waals surface area (Å²) in [5.41, 5.74) is 2.06. The highest BCUT2D eigenvalue weighted by molar-refractivity contribution is 5.92. The summed E-state index contributed by atoms with van der Waals surface area (Å²) < 4.78 is 28.1. The van der Waals surface area contributed by atoms with E-state index in [9.17, 15) is 8.78 Å². The number of H-pyrrole nitrogens is 1. The van der Waals surface area contributed by atoms with Gasteiger partial charge < -0.3 is 4.98 Å². The fourth-order valence-corrected chi connectivity index (χ4v) is 2.08. The molecule has 1 aromatic heterocycles. The number of aryl methyl sites for hydroxylation is 1. The lowest BCUT2D eigenvalue weighted by molar-refractivity contribution is 0.612. The van der Waals surface area contributed by atoms with Crippen LogP contribution in [0, 0.1) is 18.6 Å². The summed E-state index contributed by atoms with van der Waals surface area (Å²) in [5, 5.41) is 0. The van der Waals surface area contributed by atoms with Crippen LogP contribution < -0.4 is 0 Å². The second-order valence-corrected chi connectivity index (χ2v) is 4.16. The van der Waals surface area contributed by atoms with E-state index in [1.54, 1.807) is 31.2 Å². The summed E-state index contributed by atoms with van der Waals surface area (Å²) >= 11 is 0. The molecule has 3 rings (SSSR count). The van der Waals surface area contributed by atoms with Crippen LogP contribution in [0.15, 0.2) is 36.7 Å². The summed E-state index contributed by atoms with van der Waals surface area (Å²) in [6, 6.07) is 7.83. The monoisotopic (exact) mass is 274 g/mol. The van der Waals surface area contributed by atoms with Crippen molar-refractivity contribution in [2.24, 2.45) is 0 Å². The van der Waals surface area contributed by atoms with Gasteiger partial charge in [-0.3, -0.25) is 0 Å². The predicted octanol–water partition coefficient (Wildman–Crippen LogP) is 4.84. The van der Waals surface area contributed by atoms with Crippen LogP contribution in [0.4, 0.5) is 8.78 Å². The summed E-state index contributed by atoms with van der Waals surface area (Å²) in [6.07, 6.45) is 1.47. The maximum Gasteiger partial charge on any atom is 0.134 e. The summed E-state index contributed by atoms with van der Waals surface area (Å²) in [6.45, 7) is 5.65. The van der Waals surface area contributed by atoms with E-state index in [1.807, 2.05) is 13.8 Å². The molecule has 0 unspecified atom stereocenters. The molecular formula is C16H16F2N2. The van der Waals surface area contributed by atoms with E-state index in [-0.39, 0.29) is 11.1 Å². The van der Waals surface area contributed by atoms with E-state index in [0.717, 1.165) is 0 Å². The van der Waals surface area contributed by atoms with Gasteiger partial charge in [0.15, 0.2) is 0 Å². The summed E-state index contributed by atoms with van der Waals surface area (Å²) in [4.78, 5) is 6.96. The first kappa shape index (κ1) is 14.2. The molecule has 104 valence electrons. The molecule has 0 atom stereocenters. The number of halogens is 2. The Morgan fingerprint density at radius 2 is 1.80 bits per heavy atom. The zero-order valence-corrected chi connectivity index (χ0v) is 11.7. The number of hydrogen-bond acceptors (Lipinski definition) is 1. The molecule has 0 saturated carbocycles. The fraction of sp³-hybridized carbons (Fsp3) is 0.188. The molecule has 0 aliphatic rings. The Morgan fingerprint density at radius 3 is 2.55 bits per heavy atom. The third kappa shape index (κ3) is 2.29. The van der Waals surface area contributed by atoms with Crippen LogP contribution in [0.3, 0.4) is 0 Å². The second-order valence-electron chi connectivity index (χ2n) is 4.16. The molecule has 1 N–H and O–H groups in total. The zero-order valence-electron chi connectivity index (χ0n) is 11.7. The van der Waals surface area contributed by atoms with Gasteiger partial charge in [-0.05, 0) is 24.6 Å². The Bertz CT molecular complexity index is 732. The van der Waals surface area contributed by atoms with E-state index >= 15 is 0 Å². The zero-order chi connectivity index (χ0) is 14.7. The first-order valence-electron chi connectivity index (χ1n) is 6.55. The highest BCUT2D eigenvalue weighted by Crippen LogP contribution is 2.32. The van der Waals surface area contributed by atoms with Crippen molar-refractivity contribution in [3.8, 4) is 11.1 Å². The van der Waals surface area contributed by atoms with Gasteiger partial charge in [0.2, 0.25) is 0 Å². The van der Waals surface area contributed by atoms with Gasteiger partial charge in [-0.25, -0.2) is 13.8 Å². The van der Waals surface area contributed by atoms with Crippen molar-refractivity contribution in [3.05, 3.63) is 53.9 Å². The SMILES string of the molecule is CC.Cc1cccc(-c2c(F)ccc3[nH]cnc23)c1F. The molecule has 0 aliphatic carbocycles. The van der Waals surface area contributed by atoms with E-state index in [1.165, 1.54) is 12.4 Å². The maximum atomic E-state index is 14.1. The number of benzene rings is 2. The third-order valence-corrected chi connectivity index (χ3v) is 3.00. The number of hydrogen-bond donors (Lipinski definition) is 1. The minimum Gasteiger partial charge on any atom is -0.345 e. The number of nitrogens with one attached hydrogen (secondary N) is 1. The van der Waals surface area contributed by atoms with Crippen LogP contribution in [0.25, 0.3) is 22.2 Å². The Kier molecular flexibility index (Phi) is 4.13. The van der Waals surface area contributed by atoms with Gasteiger partial charge in [0.25, 0.3) is 0 Å². The van der Waals surface area contributed by atoms with Gasteiger partial charge in [-0.2, -0.15) is 0 Å². The number of imidazole rings is 1. The van der Waals surface area contributed by atoms with Crippen molar-refractivity contribution < 1.29 is 8.78 Å². The van der Waals surface area contributed by atoms with E-state index in [0.29, 0.717) is 16.6 Å². The highest BCUT2D eigenvalue weighted by atomic mass is 19.1. The van der Waals surface area contributed by atoms with Gasteiger partial charge in [0.05, 0.1) is 17.4 Å². The fourth-order valence-electron chi connectivity index (χ4n) is 2.08. The molecule has 0 amide bonds. The third-order valence-electron chi connectivity index (χ3n) is 3.00. The van der Waals surface area contributed by atoms with E-state index in [4.69, 9.17) is 0 Å². The van der Waals surface area contributed by atoms with Crippen LogP contribution in [-0.2, 0) is 0 Å². The largest absolute Gasteiger partial charge is 0.345 e. The van der Waals surface area contributed by atoms with Crippen molar-refractivity contribution >= 4 is 11.0 Å². The highest BCUT2D eigenvalue weighted by Gasteiger charge is 2.16. The molecule has 2 aromatic carbocycles. The predicted molar refractivity (Wildman–Crippen MR) is 77.5 cm³/mol. The maximum absolute atomic E-state index is 14.1. The first-order chi connectivity index (χ1) is 9.68. The average Bonchev–Trinajstić information content (AvgIpc) is 2.93. The Morgan fingerprint density at radius 1 is 1.05 bits per heavy atom. The van der Waals surface area contributed by atoms with Crippen LogP contribution in [0.5, 0.6) is 0 Å². The Hall–Kier alpha value is -2.23. The van der Waals surface area contributed by atoms with Gasteiger partial charge in [-0.1, -0.05) is 32.0 Å². The molecule has 0 fully saturated rings. The molecule has 0 spiro atoms. The lowest BCUT2D eigenvalue weighted by atomic mass is 10.0. The minimum absolute atomic E-state index is 0.204.